The van der Waals surface area contributed by atoms with Crippen LogP contribution in [-0.2, 0) is 17.6 Å². The summed E-state index contributed by atoms with van der Waals surface area (Å²) in [4.78, 5) is 14.1. The molecule has 1 amide bonds. The zero-order valence-electron chi connectivity index (χ0n) is 10.0. The van der Waals surface area contributed by atoms with Crippen molar-refractivity contribution in [3.8, 4) is 0 Å². The number of anilines is 1. The van der Waals surface area contributed by atoms with Crippen molar-refractivity contribution in [2.75, 3.05) is 11.4 Å². The number of aromatic nitrogens is 1. The van der Waals surface area contributed by atoms with E-state index in [2.05, 4.69) is 11.2 Å². The van der Waals surface area contributed by atoms with Gasteiger partial charge in [0.1, 0.15) is 6.26 Å². The summed E-state index contributed by atoms with van der Waals surface area (Å²) in [6.07, 6.45) is 3.85. The second-order valence-corrected chi connectivity index (χ2v) is 4.45. The van der Waals surface area contributed by atoms with Gasteiger partial charge in [-0.05, 0) is 24.5 Å². The van der Waals surface area contributed by atoms with Crippen LogP contribution in [0.4, 0.5) is 5.69 Å². The average Bonchev–Trinajstić information content (AvgIpc) is 2.91. The molecule has 4 nitrogen and oxygen atoms in total. The Bertz CT molecular complexity index is 549. The highest BCUT2D eigenvalue weighted by Gasteiger charge is 2.22. The number of benzene rings is 1. The van der Waals surface area contributed by atoms with Crippen LogP contribution in [0.1, 0.15) is 17.7 Å². The van der Waals surface area contributed by atoms with Gasteiger partial charge in [0.2, 0.25) is 5.91 Å². The molecular formula is C14H14N2O2. The number of carbonyl (C=O) groups is 1. The van der Waals surface area contributed by atoms with Crippen LogP contribution in [0.3, 0.4) is 0 Å². The van der Waals surface area contributed by atoms with Crippen molar-refractivity contribution in [2.45, 2.75) is 19.3 Å². The number of para-hydroxylation sites is 1. The third-order valence-electron chi connectivity index (χ3n) is 3.23. The third-order valence-corrected chi connectivity index (χ3v) is 3.23. The summed E-state index contributed by atoms with van der Waals surface area (Å²) in [5, 5.41) is 3.78. The Morgan fingerprint density at radius 1 is 1.33 bits per heavy atom. The van der Waals surface area contributed by atoms with Gasteiger partial charge in [-0.15, -0.1) is 0 Å². The first kappa shape index (κ1) is 11.0. The van der Waals surface area contributed by atoms with Crippen molar-refractivity contribution < 1.29 is 9.32 Å². The summed E-state index contributed by atoms with van der Waals surface area (Å²) < 4.78 is 4.75. The zero-order chi connectivity index (χ0) is 12.4. The molecule has 1 aliphatic heterocycles. The molecule has 18 heavy (non-hydrogen) atoms. The maximum absolute atomic E-state index is 12.3. The van der Waals surface area contributed by atoms with Crippen molar-refractivity contribution in [1.29, 1.82) is 0 Å². The normalized spacial score (nSPS) is 14.3. The first-order valence-corrected chi connectivity index (χ1v) is 6.12. The lowest BCUT2D eigenvalue weighted by molar-refractivity contribution is -0.118. The Morgan fingerprint density at radius 2 is 2.22 bits per heavy atom. The molecule has 92 valence electrons. The molecule has 0 saturated carbocycles. The standard InChI is InChI=1S/C14H14N2O2/c17-14(10-12-7-9-18-15-12)16-8-3-5-11-4-1-2-6-13(11)16/h1-2,4,6-7,9H,3,5,8,10H2. The van der Waals surface area contributed by atoms with Crippen LogP contribution in [0.2, 0.25) is 0 Å². The minimum Gasteiger partial charge on any atom is -0.364 e. The van der Waals surface area contributed by atoms with Crippen LogP contribution >= 0.6 is 0 Å². The second kappa shape index (κ2) is 4.64. The van der Waals surface area contributed by atoms with Crippen molar-refractivity contribution in [3.63, 3.8) is 0 Å². The summed E-state index contributed by atoms with van der Waals surface area (Å²) in [6, 6.07) is 9.82. The molecule has 1 aromatic heterocycles. The highest BCUT2D eigenvalue weighted by Crippen LogP contribution is 2.27. The number of hydrogen-bond acceptors (Lipinski definition) is 3. The topological polar surface area (TPSA) is 46.3 Å². The minimum atomic E-state index is 0.0797. The van der Waals surface area contributed by atoms with Crippen LogP contribution in [0.25, 0.3) is 0 Å². The van der Waals surface area contributed by atoms with E-state index in [4.69, 9.17) is 4.52 Å². The van der Waals surface area contributed by atoms with Gasteiger partial charge in [-0.3, -0.25) is 4.79 Å². The monoisotopic (exact) mass is 242 g/mol. The fourth-order valence-corrected chi connectivity index (χ4v) is 2.37. The Hall–Kier alpha value is -2.10. The van der Waals surface area contributed by atoms with E-state index in [0.29, 0.717) is 12.1 Å². The minimum absolute atomic E-state index is 0.0797. The van der Waals surface area contributed by atoms with E-state index in [9.17, 15) is 4.79 Å². The smallest absolute Gasteiger partial charge is 0.233 e. The number of hydrogen-bond donors (Lipinski definition) is 0. The zero-order valence-corrected chi connectivity index (χ0v) is 10.0. The van der Waals surface area contributed by atoms with E-state index in [-0.39, 0.29) is 5.91 Å². The van der Waals surface area contributed by atoms with E-state index in [0.717, 1.165) is 25.1 Å². The summed E-state index contributed by atoms with van der Waals surface area (Å²) in [5.41, 5.74) is 2.97. The summed E-state index contributed by atoms with van der Waals surface area (Å²) in [6.45, 7) is 0.785. The van der Waals surface area contributed by atoms with Crippen molar-refractivity contribution in [1.82, 2.24) is 5.16 Å². The van der Waals surface area contributed by atoms with Gasteiger partial charge in [0.15, 0.2) is 0 Å². The fourth-order valence-electron chi connectivity index (χ4n) is 2.37. The SMILES string of the molecule is O=C(Cc1ccon1)N1CCCc2ccccc21. The van der Waals surface area contributed by atoms with E-state index in [1.807, 2.05) is 23.1 Å². The number of fused-ring (bicyclic) bond motifs is 1. The molecule has 4 heteroatoms. The number of aryl methyl sites for hydroxylation is 1. The average molecular weight is 242 g/mol. The van der Waals surface area contributed by atoms with Gasteiger partial charge in [-0.1, -0.05) is 23.4 Å². The first-order valence-electron chi connectivity index (χ1n) is 6.12. The molecule has 1 aliphatic rings. The Kier molecular flexibility index (Phi) is 2.84. The molecule has 2 aromatic rings. The van der Waals surface area contributed by atoms with E-state index in [1.54, 1.807) is 6.07 Å². The van der Waals surface area contributed by atoms with Gasteiger partial charge in [-0.25, -0.2) is 0 Å². The molecule has 0 spiro atoms. The van der Waals surface area contributed by atoms with Gasteiger partial charge in [-0.2, -0.15) is 0 Å². The Labute approximate surface area is 105 Å². The molecule has 2 heterocycles. The van der Waals surface area contributed by atoms with E-state index >= 15 is 0 Å². The second-order valence-electron chi connectivity index (χ2n) is 4.45. The molecule has 0 saturated heterocycles. The van der Waals surface area contributed by atoms with Crippen LogP contribution in [-0.4, -0.2) is 17.6 Å². The molecule has 3 rings (SSSR count). The third kappa shape index (κ3) is 2.01. The first-order chi connectivity index (χ1) is 8.84. The van der Waals surface area contributed by atoms with Gasteiger partial charge in [0, 0.05) is 18.3 Å². The maximum atomic E-state index is 12.3. The van der Waals surface area contributed by atoms with Crippen LogP contribution in [0, 0.1) is 0 Å². The van der Waals surface area contributed by atoms with Crippen LogP contribution < -0.4 is 4.90 Å². The molecule has 1 aromatic carbocycles. The number of nitrogens with zero attached hydrogens (tertiary/aromatic N) is 2. The summed E-state index contributed by atoms with van der Waals surface area (Å²) in [7, 11) is 0. The lowest BCUT2D eigenvalue weighted by atomic mass is 10.0. The van der Waals surface area contributed by atoms with E-state index < -0.39 is 0 Å². The van der Waals surface area contributed by atoms with Crippen molar-refractivity contribution in [3.05, 3.63) is 47.9 Å². The van der Waals surface area contributed by atoms with Gasteiger partial charge in [0.25, 0.3) is 0 Å². The fraction of sp³-hybridized carbons (Fsp3) is 0.286. The van der Waals surface area contributed by atoms with Crippen LogP contribution in [0.5, 0.6) is 0 Å². The number of rotatable bonds is 2. The molecular weight excluding hydrogens is 228 g/mol. The quantitative estimate of drug-likeness (QED) is 0.811. The predicted molar refractivity (Wildman–Crippen MR) is 67.3 cm³/mol. The van der Waals surface area contributed by atoms with E-state index in [1.165, 1.54) is 11.8 Å². The Balaban J connectivity index is 1.83. The summed E-state index contributed by atoms with van der Waals surface area (Å²) >= 11 is 0. The van der Waals surface area contributed by atoms with Gasteiger partial charge >= 0.3 is 0 Å². The maximum Gasteiger partial charge on any atom is 0.233 e. The van der Waals surface area contributed by atoms with Gasteiger partial charge < -0.3 is 9.42 Å². The largest absolute Gasteiger partial charge is 0.364 e. The predicted octanol–water partition coefficient (Wildman–Crippen LogP) is 2.20. The highest BCUT2D eigenvalue weighted by molar-refractivity contribution is 5.95. The van der Waals surface area contributed by atoms with Crippen molar-refractivity contribution in [2.24, 2.45) is 0 Å². The number of amides is 1. The molecule has 0 radical (unpaired) electrons. The lowest BCUT2D eigenvalue weighted by Gasteiger charge is -2.29. The molecule has 0 atom stereocenters. The Morgan fingerprint density at radius 3 is 3.06 bits per heavy atom. The van der Waals surface area contributed by atoms with Crippen LogP contribution in [0.15, 0.2) is 41.1 Å². The molecule has 0 aliphatic carbocycles. The van der Waals surface area contributed by atoms with Crippen molar-refractivity contribution >= 4 is 11.6 Å². The molecule has 0 unspecified atom stereocenters. The molecule has 0 bridgehead atoms. The van der Waals surface area contributed by atoms with Gasteiger partial charge in [0.05, 0.1) is 12.1 Å². The molecule has 0 N–H and O–H groups in total. The highest BCUT2D eigenvalue weighted by atomic mass is 16.5. The lowest BCUT2D eigenvalue weighted by Crippen LogP contribution is -2.36. The summed E-state index contributed by atoms with van der Waals surface area (Å²) in [5.74, 6) is 0.0797. The number of carbonyl (C=O) groups excluding carboxylic acids is 1. The molecule has 0 fully saturated rings.